The smallest absolute Gasteiger partial charge is 0.234 e. The molecule has 6 nitrogen and oxygen atoms in total. The summed E-state index contributed by atoms with van der Waals surface area (Å²) in [6.45, 7) is 3.46. The normalized spacial score (nSPS) is 17.2. The van der Waals surface area contributed by atoms with Crippen LogP contribution in [0.25, 0.3) is 0 Å². The second-order valence-corrected chi connectivity index (χ2v) is 6.94. The highest BCUT2D eigenvalue weighted by atomic mass is 35.5. The first-order chi connectivity index (χ1) is 11.6. The summed E-state index contributed by atoms with van der Waals surface area (Å²) < 4.78 is 7.69. The molecule has 2 aromatic rings. The van der Waals surface area contributed by atoms with Crippen LogP contribution < -0.4 is 5.32 Å². The zero-order valence-electron chi connectivity index (χ0n) is 13.4. The van der Waals surface area contributed by atoms with Crippen molar-refractivity contribution >= 4 is 35.0 Å². The second-order valence-electron chi connectivity index (χ2n) is 5.59. The van der Waals surface area contributed by atoms with E-state index < -0.39 is 0 Å². The van der Waals surface area contributed by atoms with Crippen LogP contribution in [0.1, 0.15) is 18.7 Å². The molecule has 1 fully saturated rings. The number of halogens is 1. The number of benzene rings is 1. The number of nitrogens with zero attached hydrogens (tertiary/aromatic N) is 3. The molecule has 1 aromatic heterocycles. The summed E-state index contributed by atoms with van der Waals surface area (Å²) in [6, 6.07) is 7.17. The molecule has 1 saturated heterocycles. The van der Waals surface area contributed by atoms with Crippen LogP contribution in [0, 0.1) is 6.92 Å². The molecule has 3 rings (SSSR count). The number of nitrogens with one attached hydrogen (secondary N) is 1. The van der Waals surface area contributed by atoms with Crippen molar-refractivity contribution < 1.29 is 9.53 Å². The number of aryl methyl sites for hydroxylation is 1. The van der Waals surface area contributed by atoms with Gasteiger partial charge in [-0.3, -0.25) is 4.79 Å². The van der Waals surface area contributed by atoms with Crippen LogP contribution in [0.5, 0.6) is 0 Å². The van der Waals surface area contributed by atoms with Gasteiger partial charge in [0.05, 0.1) is 29.1 Å². The van der Waals surface area contributed by atoms with E-state index in [4.69, 9.17) is 16.3 Å². The quantitative estimate of drug-likeness (QED) is 0.795. The van der Waals surface area contributed by atoms with Gasteiger partial charge in [-0.15, -0.1) is 10.2 Å². The molecule has 24 heavy (non-hydrogen) atoms. The van der Waals surface area contributed by atoms with Crippen LogP contribution in [0.3, 0.4) is 0 Å². The third-order valence-electron chi connectivity index (χ3n) is 3.79. The predicted molar refractivity (Wildman–Crippen MR) is 94.5 cm³/mol. The van der Waals surface area contributed by atoms with E-state index in [9.17, 15) is 4.79 Å². The lowest BCUT2D eigenvalue weighted by molar-refractivity contribution is -0.113. The van der Waals surface area contributed by atoms with Gasteiger partial charge in [0.25, 0.3) is 0 Å². The summed E-state index contributed by atoms with van der Waals surface area (Å²) in [6.07, 6.45) is 2.35. The van der Waals surface area contributed by atoms with Crippen LogP contribution in [0.2, 0.25) is 5.02 Å². The molecule has 1 aliphatic rings. The van der Waals surface area contributed by atoms with Gasteiger partial charge in [0.1, 0.15) is 5.82 Å². The van der Waals surface area contributed by atoms with E-state index in [1.807, 2.05) is 23.6 Å². The number of aromatic nitrogens is 3. The van der Waals surface area contributed by atoms with Crippen LogP contribution in [0.4, 0.5) is 5.69 Å². The number of hydrogen-bond acceptors (Lipinski definition) is 5. The maximum absolute atomic E-state index is 12.1. The Labute approximate surface area is 149 Å². The molecule has 1 N–H and O–H groups in total. The van der Waals surface area contributed by atoms with Gasteiger partial charge >= 0.3 is 0 Å². The van der Waals surface area contributed by atoms with E-state index in [-0.39, 0.29) is 17.8 Å². The van der Waals surface area contributed by atoms with Crippen molar-refractivity contribution in [2.24, 2.45) is 0 Å². The first kappa shape index (κ1) is 17.3. The molecule has 8 heteroatoms. The van der Waals surface area contributed by atoms with E-state index >= 15 is 0 Å². The number of thioether (sulfide) groups is 1. The summed E-state index contributed by atoms with van der Waals surface area (Å²) in [5.74, 6) is 0.950. The van der Waals surface area contributed by atoms with Crippen molar-refractivity contribution in [3.8, 4) is 0 Å². The highest BCUT2D eigenvalue weighted by Gasteiger charge is 2.20. The van der Waals surface area contributed by atoms with Gasteiger partial charge in [-0.05, 0) is 31.9 Å². The minimum atomic E-state index is -0.127. The lowest BCUT2D eigenvalue weighted by atomic mass is 10.2. The van der Waals surface area contributed by atoms with Gasteiger partial charge in [0.2, 0.25) is 5.91 Å². The maximum Gasteiger partial charge on any atom is 0.234 e. The Morgan fingerprint density at radius 3 is 3.04 bits per heavy atom. The number of hydrogen-bond donors (Lipinski definition) is 1. The Kier molecular flexibility index (Phi) is 5.76. The second kappa shape index (κ2) is 8.00. The van der Waals surface area contributed by atoms with Crippen LogP contribution in [-0.2, 0) is 16.1 Å². The molecule has 0 spiro atoms. The number of anilines is 1. The first-order valence-electron chi connectivity index (χ1n) is 7.82. The third kappa shape index (κ3) is 4.28. The van der Waals surface area contributed by atoms with Gasteiger partial charge < -0.3 is 14.6 Å². The van der Waals surface area contributed by atoms with Gasteiger partial charge in [0, 0.05) is 6.61 Å². The average Bonchev–Trinajstić information content (AvgIpc) is 3.19. The minimum Gasteiger partial charge on any atom is -0.376 e. The Bertz CT molecular complexity index is 716. The lowest BCUT2D eigenvalue weighted by Gasteiger charge is -2.13. The number of amides is 1. The summed E-state index contributed by atoms with van der Waals surface area (Å²) in [5.41, 5.74) is 0.613. The molecule has 1 aromatic carbocycles. The number of para-hydroxylation sites is 1. The van der Waals surface area contributed by atoms with Crippen LogP contribution in [-0.4, -0.2) is 39.1 Å². The number of carbonyl (C=O) groups excluding carboxylic acids is 1. The molecule has 128 valence electrons. The molecule has 0 radical (unpaired) electrons. The molecule has 1 amide bonds. The summed E-state index contributed by atoms with van der Waals surface area (Å²) in [4.78, 5) is 12.1. The molecule has 2 heterocycles. The van der Waals surface area contributed by atoms with Crippen molar-refractivity contribution in [3.63, 3.8) is 0 Å². The SMILES string of the molecule is Cc1nnc(SCC(=O)Nc2ccccc2Cl)n1C[C@@H]1CCCO1. The maximum atomic E-state index is 12.1. The summed E-state index contributed by atoms with van der Waals surface area (Å²) >= 11 is 7.41. The largest absolute Gasteiger partial charge is 0.376 e. The highest BCUT2D eigenvalue weighted by molar-refractivity contribution is 7.99. The van der Waals surface area contributed by atoms with E-state index in [2.05, 4.69) is 15.5 Å². The number of rotatable bonds is 6. The fraction of sp³-hybridized carbons (Fsp3) is 0.438. The molecule has 0 aliphatic carbocycles. The minimum absolute atomic E-state index is 0.127. The van der Waals surface area contributed by atoms with Gasteiger partial charge in [-0.1, -0.05) is 35.5 Å². The first-order valence-corrected chi connectivity index (χ1v) is 9.18. The zero-order chi connectivity index (χ0) is 16.9. The van der Waals surface area contributed by atoms with E-state index in [0.717, 1.165) is 37.0 Å². The van der Waals surface area contributed by atoms with Crippen molar-refractivity contribution in [3.05, 3.63) is 35.1 Å². The van der Waals surface area contributed by atoms with Crippen LogP contribution in [0.15, 0.2) is 29.4 Å². The summed E-state index contributed by atoms with van der Waals surface area (Å²) in [5, 5.41) is 12.3. The van der Waals surface area contributed by atoms with Crippen molar-refractivity contribution in [2.75, 3.05) is 17.7 Å². The van der Waals surface area contributed by atoms with Crippen molar-refractivity contribution in [1.29, 1.82) is 0 Å². The van der Waals surface area contributed by atoms with E-state index in [1.165, 1.54) is 11.8 Å². The fourth-order valence-electron chi connectivity index (χ4n) is 2.55. The topological polar surface area (TPSA) is 69.0 Å². The molecule has 0 saturated carbocycles. The van der Waals surface area contributed by atoms with Gasteiger partial charge in [-0.25, -0.2) is 0 Å². The van der Waals surface area contributed by atoms with Gasteiger partial charge in [-0.2, -0.15) is 0 Å². The molecule has 0 unspecified atom stereocenters. The molecular formula is C16H19ClN4O2S. The predicted octanol–water partition coefficient (Wildman–Crippen LogP) is 3.15. The van der Waals surface area contributed by atoms with E-state index in [0.29, 0.717) is 10.7 Å². The molecular weight excluding hydrogens is 348 g/mol. The Hall–Kier alpha value is -1.57. The Morgan fingerprint density at radius 1 is 1.46 bits per heavy atom. The summed E-state index contributed by atoms with van der Waals surface area (Å²) in [7, 11) is 0. The molecule has 1 aliphatic heterocycles. The Morgan fingerprint density at radius 2 is 2.29 bits per heavy atom. The standard InChI is InChI=1S/C16H19ClN4O2S/c1-11-19-20-16(21(11)9-12-5-4-8-23-12)24-10-15(22)18-14-7-3-2-6-13(14)17/h2-3,6-7,12H,4-5,8-10H2,1H3,(H,18,22)/t12-/m0/s1. The fourth-order valence-corrected chi connectivity index (χ4v) is 3.53. The van der Waals surface area contributed by atoms with Crippen LogP contribution >= 0.6 is 23.4 Å². The highest BCUT2D eigenvalue weighted by Crippen LogP contribution is 2.23. The lowest BCUT2D eigenvalue weighted by Crippen LogP contribution is -2.18. The monoisotopic (exact) mass is 366 g/mol. The third-order valence-corrected chi connectivity index (χ3v) is 5.09. The zero-order valence-corrected chi connectivity index (χ0v) is 14.9. The molecule has 0 bridgehead atoms. The van der Waals surface area contributed by atoms with E-state index in [1.54, 1.807) is 12.1 Å². The molecule has 1 atom stereocenters. The van der Waals surface area contributed by atoms with Gasteiger partial charge in [0.15, 0.2) is 5.16 Å². The van der Waals surface area contributed by atoms with Crippen molar-refractivity contribution in [1.82, 2.24) is 14.8 Å². The van der Waals surface area contributed by atoms with Crippen molar-refractivity contribution in [2.45, 2.75) is 37.6 Å². The average molecular weight is 367 g/mol. The number of ether oxygens (including phenoxy) is 1. The number of carbonyl (C=O) groups is 1. The Balaban J connectivity index is 1.58.